The largest absolute Gasteiger partial charge is 0.338 e. The number of benzene rings is 1. The Bertz CT molecular complexity index is 1210. The zero-order chi connectivity index (χ0) is 29.1. The molecular formula is C20H22ClF2N3O. The molecule has 0 radical (unpaired) electrons. The minimum Gasteiger partial charge on any atom is -0.338 e. The number of carbonyl (C=O) groups excluding carboxylic acids is 1. The van der Waals surface area contributed by atoms with E-state index in [2.05, 4.69) is 9.97 Å². The van der Waals surface area contributed by atoms with Gasteiger partial charge in [-0.15, -0.1) is 0 Å². The van der Waals surface area contributed by atoms with E-state index >= 15 is 4.39 Å². The number of piperidine rings is 1. The molecule has 1 aromatic carbocycles. The van der Waals surface area contributed by atoms with Crippen molar-refractivity contribution in [3.05, 3.63) is 58.4 Å². The molecule has 0 unspecified atom stereocenters. The van der Waals surface area contributed by atoms with Crippen molar-refractivity contribution in [2.24, 2.45) is 0 Å². The first kappa shape index (κ1) is 9.92. The van der Waals surface area contributed by atoms with Crippen molar-refractivity contribution < 1.29 is 28.7 Å². The molecule has 0 bridgehead atoms. The highest BCUT2D eigenvalue weighted by Crippen LogP contribution is 2.32. The van der Waals surface area contributed by atoms with Crippen LogP contribution in [0.15, 0.2) is 30.6 Å². The van der Waals surface area contributed by atoms with Crippen LogP contribution >= 0.6 is 11.6 Å². The summed E-state index contributed by atoms with van der Waals surface area (Å²) in [5, 5.41) is -0.485. The van der Waals surface area contributed by atoms with Gasteiger partial charge < -0.3 is 4.90 Å². The Kier molecular flexibility index (Phi) is 3.05. The number of nitrogens with zero attached hydrogens (tertiary/aromatic N) is 3. The van der Waals surface area contributed by atoms with Crippen molar-refractivity contribution in [1.82, 2.24) is 14.9 Å². The lowest BCUT2D eigenvalue weighted by Gasteiger charge is -2.36. The summed E-state index contributed by atoms with van der Waals surface area (Å²) in [6, 6.07) is 2.61. The lowest BCUT2D eigenvalue weighted by atomic mass is 9.88. The maximum atomic E-state index is 16.2. The van der Waals surface area contributed by atoms with Crippen LogP contribution in [0, 0.1) is 12.7 Å². The Morgan fingerprint density at radius 1 is 1.41 bits per heavy atom. The Morgan fingerprint density at radius 2 is 2.11 bits per heavy atom. The average Bonchev–Trinajstić information content (AvgIpc) is 2.72. The summed E-state index contributed by atoms with van der Waals surface area (Å²) in [4.78, 5) is 20.4. The van der Waals surface area contributed by atoms with E-state index in [0.29, 0.717) is 0 Å². The van der Waals surface area contributed by atoms with Crippen LogP contribution in [-0.2, 0) is 6.37 Å². The van der Waals surface area contributed by atoms with E-state index in [1.165, 1.54) is 0 Å². The summed E-state index contributed by atoms with van der Waals surface area (Å²) < 4.78 is 118. The number of amides is 1. The second kappa shape index (κ2) is 8.30. The highest BCUT2D eigenvalue weighted by Gasteiger charge is 2.35. The van der Waals surface area contributed by atoms with E-state index in [1.54, 1.807) is 0 Å². The van der Waals surface area contributed by atoms with E-state index in [0.717, 1.165) is 30.6 Å². The number of aromatic nitrogens is 2. The molecule has 1 saturated heterocycles. The minimum atomic E-state index is -3.32. The van der Waals surface area contributed by atoms with E-state index in [9.17, 15) is 9.18 Å². The fourth-order valence-corrected chi connectivity index (χ4v) is 2.44. The Labute approximate surface area is 178 Å². The first-order valence-corrected chi connectivity index (χ1v) is 8.22. The van der Waals surface area contributed by atoms with Gasteiger partial charge in [-0.2, -0.15) is 0 Å². The minimum absolute atomic E-state index is 0.1000. The highest BCUT2D eigenvalue weighted by molar-refractivity contribution is 6.31. The van der Waals surface area contributed by atoms with Gasteiger partial charge in [0.05, 0.1) is 5.02 Å². The Hall–Kier alpha value is -2.08. The molecule has 0 aliphatic carbocycles. The molecule has 0 spiro atoms. The first-order chi connectivity index (χ1) is 17.0. The van der Waals surface area contributed by atoms with Gasteiger partial charge in [0, 0.05) is 52.4 Å². The van der Waals surface area contributed by atoms with Gasteiger partial charge in [0.15, 0.2) is 0 Å². The first-order valence-electron chi connectivity index (χ1n) is 13.3. The molecule has 1 fully saturated rings. The van der Waals surface area contributed by atoms with E-state index in [1.807, 2.05) is 0 Å². The summed E-state index contributed by atoms with van der Waals surface area (Å²) in [5.41, 5.74) is -4.00. The van der Waals surface area contributed by atoms with Gasteiger partial charge in [-0.1, -0.05) is 11.6 Å². The normalized spacial score (nSPS) is 27.7. The molecule has 144 valence electrons. The summed E-state index contributed by atoms with van der Waals surface area (Å²) in [5.74, 6) is -2.80. The molecule has 0 saturated carbocycles. The van der Waals surface area contributed by atoms with Crippen LogP contribution in [0.2, 0.25) is 5.02 Å². The molecule has 0 N–H and O–H groups in total. The monoisotopic (exact) mass is 404 g/mol. The lowest BCUT2D eigenvalue weighted by Crippen LogP contribution is -2.44. The maximum Gasteiger partial charge on any atom is 0.253 e. The third kappa shape index (κ3) is 5.01. The van der Waals surface area contributed by atoms with Crippen molar-refractivity contribution in [3.8, 4) is 0 Å². The highest BCUT2D eigenvalue weighted by atomic mass is 35.5. The molecular weight excluding hydrogens is 372 g/mol. The summed E-state index contributed by atoms with van der Waals surface area (Å²) in [6.07, 6.45) is -8.32. The standard InChI is InChI=1S/C20H22ClF2N3O/c1-14-12-24-18(25-13-14)3-2-6-20(23)7-9-26(10-8-20)19(27)15-4-5-17(22)16(21)11-15/h4-5,11-13H,2-3,6-10H2,1H3/i1D3,3D2,6D2,9D2,10D2. The van der Waals surface area contributed by atoms with Crippen LogP contribution in [0.4, 0.5) is 8.78 Å². The number of hydrogen-bond acceptors (Lipinski definition) is 3. The van der Waals surface area contributed by atoms with Crippen molar-refractivity contribution in [2.45, 2.75) is 44.5 Å². The molecule has 1 amide bonds. The van der Waals surface area contributed by atoms with Crippen LogP contribution in [0.1, 0.15) is 62.5 Å². The molecule has 2 aromatic rings. The number of rotatable bonds is 5. The van der Waals surface area contributed by atoms with Gasteiger partial charge in [0.25, 0.3) is 5.91 Å². The molecule has 1 aliphatic heterocycles. The van der Waals surface area contributed by atoms with E-state index < -0.39 is 80.1 Å². The number of halogens is 3. The number of aryl methyl sites for hydroxylation is 2. The summed E-state index contributed by atoms with van der Waals surface area (Å²) >= 11 is 5.67. The fourth-order valence-electron chi connectivity index (χ4n) is 2.25. The lowest BCUT2D eigenvalue weighted by molar-refractivity contribution is 0.0389. The Morgan fingerprint density at radius 3 is 2.74 bits per heavy atom. The average molecular weight is 405 g/mol. The smallest absolute Gasteiger partial charge is 0.253 e. The topological polar surface area (TPSA) is 46.1 Å². The third-order valence-electron chi connectivity index (χ3n) is 3.71. The zero-order valence-electron chi connectivity index (χ0n) is 24.9. The molecule has 0 atom stereocenters. The molecule has 2 heterocycles. The zero-order valence-corrected chi connectivity index (χ0v) is 14.6. The molecule has 3 rings (SSSR count). The molecule has 7 heteroatoms. The van der Waals surface area contributed by atoms with Crippen molar-refractivity contribution in [2.75, 3.05) is 13.0 Å². The summed E-state index contributed by atoms with van der Waals surface area (Å²) in [7, 11) is 0. The van der Waals surface area contributed by atoms with Crippen LogP contribution in [-0.4, -0.2) is 39.4 Å². The number of carbonyl (C=O) groups is 1. The molecule has 1 aromatic heterocycles. The number of likely N-dealkylation sites (tertiary alicyclic amines) is 1. The van der Waals surface area contributed by atoms with Crippen LogP contribution < -0.4 is 0 Å². The van der Waals surface area contributed by atoms with Crippen molar-refractivity contribution in [1.29, 1.82) is 0 Å². The van der Waals surface area contributed by atoms with Gasteiger partial charge in [-0.05, 0) is 56.2 Å². The van der Waals surface area contributed by atoms with Gasteiger partial charge in [0.2, 0.25) is 0 Å². The van der Waals surface area contributed by atoms with E-state index in [4.69, 9.17) is 26.7 Å². The number of hydrogen-bond donors (Lipinski definition) is 0. The molecule has 4 nitrogen and oxygen atoms in total. The second-order valence-corrected chi connectivity index (χ2v) is 6.14. The Balaban J connectivity index is 1.91. The second-order valence-electron chi connectivity index (χ2n) is 5.73. The predicted molar refractivity (Wildman–Crippen MR) is 100 cm³/mol. The van der Waals surface area contributed by atoms with Crippen LogP contribution in [0.5, 0.6) is 0 Å². The maximum absolute atomic E-state index is 16.2. The quantitative estimate of drug-likeness (QED) is 0.734. The van der Waals surface area contributed by atoms with E-state index in [-0.39, 0.29) is 16.0 Å². The third-order valence-corrected chi connectivity index (χ3v) is 4.00. The van der Waals surface area contributed by atoms with Gasteiger partial charge in [0.1, 0.15) is 17.3 Å². The summed E-state index contributed by atoms with van der Waals surface area (Å²) in [6.45, 7) is -8.79. The van der Waals surface area contributed by atoms with Crippen molar-refractivity contribution in [3.63, 3.8) is 0 Å². The molecule has 1 aliphatic rings. The SMILES string of the molecule is [2H]C([2H])([2H])c1cnc(C([2H])([2H])CC([2H])([2H])C2(F)CC([2H])([2H])N(C(=O)c3ccc(F)c(Cl)c3)C([2H])([2H])C2)nc1. The van der Waals surface area contributed by atoms with Crippen LogP contribution in [0.25, 0.3) is 0 Å². The van der Waals surface area contributed by atoms with Gasteiger partial charge >= 0.3 is 0 Å². The fraction of sp³-hybridized carbons (Fsp3) is 0.450. The molecule has 27 heavy (non-hydrogen) atoms. The van der Waals surface area contributed by atoms with Crippen molar-refractivity contribution >= 4 is 17.5 Å². The van der Waals surface area contributed by atoms with Gasteiger partial charge in [-0.3, -0.25) is 4.79 Å². The predicted octanol–water partition coefficient (Wildman–Crippen LogP) is 4.54. The number of alkyl halides is 1. The van der Waals surface area contributed by atoms with Crippen LogP contribution in [0.3, 0.4) is 0 Å². The van der Waals surface area contributed by atoms with Gasteiger partial charge in [-0.25, -0.2) is 18.7 Å².